The molecule has 0 spiro atoms. The molecular formula is C11H14FN5. The van der Waals surface area contributed by atoms with Crippen molar-refractivity contribution in [2.24, 2.45) is 0 Å². The predicted octanol–water partition coefficient (Wildman–Crippen LogP) is 1.50. The van der Waals surface area contributed by atoms with E-state index < -0.39 is 0 Å². The summed E-state index contributed by atoms with van der Waals surface area (Å²) in [6, 6.07) is 4.73. The molecule has 0 aliphatic heterocycles. The van der Waals surface area contributed by atoms with E-state index in [2.05, 4.69) is 25.9 Å². The first-order chi connectivity index (χ1) is 8.16. The minimum Gasteiger partial charge on any atom is -0.303 e. The van der Waals surface area contributed by atoms with Crippen molar-refractivity contribution >= 4 is 0 Å². The molecule has 1 atom stereocenters. The zero-order valence-electron chi connectivity index (χ0n) is 9.74. The lowest BCUT2D eigenvalue weighted by Crippen LogP contribution is -2.20. The quantitative estimate of drug-likeness (QED) is 0.842. The standard InChI is InChI=1S/C11H14FN5/c1-7-3-4-10(12)5-9(7)6-13-8(2)11-14-16-17-15-11/h3-5,8,13H,6H2,1-2H3,(H,14,15,16,17). The van der Waals surface area contributed by atoms with E-state index in [1.54, 1.807) is 6.07 Å². The van der Waals surface area contributed by atoms with E-state index in [0.717, 1.165) is 11.1 Å². The van der Waals surface area contributed by atoms with Gasteiger partial charge in [0.25, 0.3) is 0 Å². The van der Waals surface area contributed by atoms with E-state index in [4.69, 9.17) is 0 Å². The van der Waals surface area contributed by atoms with Crippen LogP contribution in [-0.4, -0.2) is 20.6 Å². The lowest BCUT2D eigenvalue weighted by Gasteiger charge is -2.11. The van der Waals surface area contributed by atoms with Crippen molar-refractivity contribution in [1.29, 1.82) is 0 Å². The zero-order chi connectivity index (χ0) is 12.3. The Labute approximate surface area is 98.4 Å². The average molecular weight is 235 g/mol. The summed E-state index contributed by atoms with van der Waals surface area (Å²) in [5.41, 5.74) is 1.99. The van der Waals surface area contributed by atoms with Crippen LogP contribution in [0.4, 0.5) is 4.39 Å². The number of nitrogens with one attached hydrogen (secondary N) is 2. The molecule has 1 heterocycles. The number of halogens is 1. The fraction of sp³-hybridized carbons (Fsp3) is 0.364. The van der Waals surface area contributed by atoms with Crippen molar-refractivity contribution in [1.82, 2.24) is 25.9 Å². The number of hydrogen-bond donors (Lipinski definition) is 2. The Morgan fingerprint density at radius 3 is 3.00 bits per heavy atom. The van der Waals surface area contributed by atoms with Gasteiger partial charge in [0.15, 0.2) is 5.82 Å². The third-order valence-electron chi connectivity index (χ3n) is 2.66. The molecule has 0 aliphatic carbocycles. The second kappa shape index (κ2) is 5.01. The fourth-order valence-electron chi connectivity index (χ4n) is 1.54. The molecule has 1 aromatic carbocycles. The number of rotatable bonds is 4. The number of aromatic amines is 1. The number of hydrogen-bond acceptors (Lipinski definition) is 4. The SMILES string of the molecule is Cc1ccc(F)cc1CNC(C)c1nn[nH]n1. The molecule has 1 aromatic heterocycles. The first-order valence-corrected chi connectivity index (χ1v) is 5.38. The van der Waals surface area contributed by atoms with Gasteiger partial charge in [0, 0.05) is 6.54 Å². The fourth-order valence-corrected chi connectivity index (χ4v) is 1.54. The molecular weight excluding hydrogens is 221 g/mol. The molecule has 1 unspecified atom stereocenters. The highest BCUT2D eigenvalue weighted by Crippen LogP contribution is 2.12. The highest BCUT2D eigenvalue weighted by atomic mass is 19.1. The molecule has 0 amide bonds. The summed E-state index contributed by atoms with van der Waals surface area (Å²) in [6.07, 6.45) is 0. The van der Waals surface area contributed by atoms with Crippen LogP contribution in [0.15, 0.2) is 18.2 Å². The molecule has 0 saturated carbocycles. The Morgan fingerprint density at radius 1 is 1.47 bits per heavy atom. The predicted molar refractivity (Wildman–Crippen MR) is 60.6 cm³/mol. The van der Waals surface area contributed by atoms with Crippen molar-refractivity contribution < 1.29 is 4.39 Å². The Kier molecular flexibility index (Phi) is 3.43. The Morgan fingerprint density at radius 2 is 2.29 bits per heavy atom. The molecule has 90 valence electrons. The summed E-state index contributed by atoms with van der Waals surface area (Å²) >= 11 is 0. The molecule has 0 bridgehead atoms. The number of aromatic nitrogens is 4. The Balaban J connectivity index is 2.00. The van der Waals surface area contributed by atoms with Crippen LogP contribution in [0.3, 0.4) is 0 Å². The van der Waals surface area contributed by atoms with Gasteiger partial charge >= 0.3 is 0 Å². The van der Waals surface area contributed by atoms with Crippen LogP contribution in [0.2, 0.25) is 0 Å². The summed E-state index contributed by atoms with van der Waals surface area (Å²) in [5, 5.41) is 16.9. The van der Waals surface area contributed by atoms with Gasteiger partial charge in [-0.1, -0.05) is 11.3 Å². The smallest absolute Gasteiger partial charge is 0.191 e. The molecule has 2 rings (SSSR count). The lowest BCUT2D eigenvalue weighted by atomic mass is 10.1. The van der Waals surface area contributed by atoms with Gasteiger partial charge in [-0.3, -0.25) is 0 Å². The Bertz CT molecular complexity index is 483. The van der Waals surface area contributed by atoms with Crippen LogP contribution in [0, 0.1) is 12.7 Å². The number of aryl methyl sites for hydroxylation is 1. The van der Waals surface area contributed by atoms with Gasteiger partial charge in [-0.05, 0) is 37.1 Å². The maximum absolute atomic E-state index is 13.1. The minimum atomic E-state index is -0.223. The van der Waals surface area contributed by atoms with E-state index in [-0.39, 0.29) is 11.9 Å². The van der Waals surface area contributed by atoms with Crippen molar-refractivity contribution in [3.8, 4) is 0 Å². The summed E-state index contributed by atoms with van der Waals surface area (Å²) in [5.74, 6) is 0.374. The summed E-state index contributed by atoms with van der Waals surface area (Å²) in [6.45, 7) is 4.45. The largest absolute Gasteiger partial charge is 0.303 e. The molecule has 0 fully saturated rings. The van der Waals surface area contributed by atoms with Crippen molar-refractivity contribution in [3.63, 3.8) is 0 Å². The van der Waals surface area contributed by atoms with Crippen molar-refractivity contribution in [3.05, 3.63) is 41.0 Å². The highest BCUT2D eigenvalue weighted by molar-refractivity contribution is 5.26. The van der Waals surface area contributed by atoms with Gasteiger partial charge in [0.1, 0.15) is 5.82 Å². The van der Waals surface area contributed by atoms with E-state index in [1.165, 1.54) is 12.1 Å². The van der Waals surface area contributed by atoms with Gasteiger partial charge in [-0.25, -0.2) is 4.39 Å². The normalized spacial score (nSPS) is 12.6. The molecule has 6 heteroatoms. The van der Waals surface area contributed by atoms with Crippen molar-refractivity contribution in [2.45, 2.75) is 26.4 Å². The third-order valence-corrected chi connectivity index (χ3v) is 2.66. The van der Waals surface area contributed by atoms with Crippen LogP contribution in [-0.2, 0) is 6.54 Å². The molecule has 17 heavy (non-hydrogen) atoms. The summed E-state index contributed by atoms with van der Waals surface area (Å²) in [7, 11) is 0. The van der Waals surface area contributed by atoms with E-state index in [1.807, 2.05) is 13.8 Å². The van der Waals surface area contributed by atoms with Gasteiger partial charge in [0.2, 0.25) is 0 Å². The van der Waals surface area contributed by atoms with Gasteiger partial charge in [0.05, 0.1) is 6.04 Å². The van der Waals surface area contributed by atoms with Crippen LogP contribution < -0.4 is 5.32 Å². The van der Waals surface area contributed by atoms with E-state index in [9.17, 15) is 4.39 Å². The molecule has 0 aliphatic rings. The summed E-state index contributed by atoms with van der Waals surface area (Å²) < 4.78 is 13.1. The number of nitrogens with zero attached hydrogens (tertiary/aromatic N) is 3. The van der Waals surface area contributed by atoms with Crippen LogP contribution in [0.5, 0.6) is 0 Å². The number of tetrazole rings is 1. The van der Waals surface area contributed by atoms with Crippen LogP contribution in [0.1, 0.15) is 29.9 Å². The summed E-state index contributed by atoms with van der Waals surface area (Å²) in [4.78, 5) is 0. The van der Waals surface area contributed by atoms with E-state index >= 15 is 0 Å². The molecule has 2 aromatic rings. The minimum absolute atomic E-state index is 0.0311. The number of benzene rings is 1. The zero-order valence-corrected chi connectivity index (χ0v) is 9.74. The van der Waals surface area contributed by atoms with Gasteiger partial charge in [-0.2, -0.15) is 5.21 Å². The van der Waals surface area contributed by atoms with Crippen LogP contribution in [0.25, 0.3) is 0 Å². The van der Waals surface area contributed by atoms with Crippen molar-refractivity contribution in [2.75, 3.05) is 0 Å². The van der Waals surface area contributed by atoms with Crippen LogP contribution >= 0.6 is 0 Å². The molecule has 0 saturated heterocycles. The first kappa shape index (κ1) is 11.7. The number of H-pyrrole nitrogens is 1. The average Bonchev–Trinajstić information content (AvgIpc) is 2.83. The molecule has 5 nitrogen and oxygen atoms in total. The second-order valence-electron chi connectivity index (χ2n) is 3.94. The third kappa shape index (κ3) is 2.85. The maximum Gasteiger partial charge on any atom is 0.191 e. The Hall–Kier alpha value is -1.82. The highest BCUT2D eigenvalue weighted by Gasteiger charge is 2.10. The molecule has 0 radical (unpaired) electrons. The monoisotopic (exact) mass is 235 g/mol. The topological polar surface area (TPSA) is 66.5 Å². The maximum atomic E-state index is 13.1. The molecule has 2 N–H and O–H groups in total. The lowest BCUT2D eigenvalue weighted by molar-refractivity contribution is 0.542. The first-order valence-electron chi connectivity index (χ1n) is 5.38. The second-order valence-corrected chi connectivity index (χ2v) is 3.94. The van der Waals surface area contributed by atoms with Gasteiger partial charge in [-0.15, -0.1) is 10.2 Å². The van der Waals surface area contributed by atoms with Gasteiger partial charge < -0.3 is 5.32 Å². The van der Waals surface area contributed by atoms with E-state index in [0.29, 0.717) is 12.4 Å².